The van der Waals surface area contributed by atoms with Gasteiger partial charge in [-0.05, 0) is 58.9 Å². The Morgan fingerprint density at radius 3 is 2.11 bits per heavy atom. The number of allylic oxidation sites excluding steroid dienone is 1. The standard InChI is InChI=1S/C28H22FN9O15S3/c1-13-7-19(24(56(51,52)53)11-22(13)54(45,46)47)32-27-33-26(34-28(35-27)36-6-2-3-14(12-36)25(39)40)31-17-5-4-15(8-23(17)55(48,49)50)30-18-9-16(29)20(37(41)42)10-21(18)38(43)44/h2-12,19,24,30H,1H3,(H5-,31,32,33,34,35,39,40,45,46,47,48,49,50,51,52,53)/p+1. The number of nitrogens with one attached hydrogen (secondary N) is 3. The molecule has 2 aromatic heterocycles. The summed E-state index contributed by atoms with van der Waals surface area (Å²) in [7, 11) is -15.3. The number of pyridine rings is 1. The number of anilines is 5. The molecule has 294 valence electrons. The number of nitro groups is 2. The highest BCUT2D eigenvalue weighted by atomic mass is 32.2. The van der Waals surface area contributed by atoms with Gasteiger partial charge in [0.1, 0.15) is 15.8 Å². The van der Waals surface area contributed by atoms with Crippen molar-refractivity contribution in [3.63, 3.8) is 0 Å². The lowest BCUT2D eigenvalue weighted by Gasteiger charge is -2.25. The number of rotatable bonds is 13. The van der Waals surface area contributed by atoms with E-state index in [1.807, 2.05) is 0 Å². The highest BCUT2D eigenvalue weighted by Crippen LogP contribution is 2.36. The fourth-order valence-corrected chi connectivity index (χ4v) is 7.50. The molecule has 0 saturated carbocycles. The lowest BCUT2D eigenvalue weighted by Crippen LogP contribution is -2.40. The van der Waals surface area contributed by atoms with Gasteiger partial charge in [0.15, 0.2) is 0 Å². The Morgan fingerprint density at radius 1 is 0.857 bits per heavy atom. The van der Waals surface area contributed by atoms with Gasteiger partial charge in [0.05, 0.1) is 50.5 Å². The van der Waals surface area contributed by atoms with Crippen molar-refractivity contribution < 1.29 is 67.6 Å². The van der Waals surface area contributed by atoms with E-state index in [-0.39, 0.29) is 16.8 Å². The quantitative estimate of drug-likeness (QED) is 0.0439. The van der Waals surface area contributed by atoms with Crippen molar-refractivity contribution in [2.45, 2.75) is 23.1 Å². The maximum Gasteiger partial charge on any atom is 0.444 e. The van der Waals surface area contributed by atoms with E-state index in [1.54, 1.807) is 0 Å². The van der Waals surface area contributed by atoms with Gasteiger partial charge in [-0.25, -0.2) is 9.36 Å². The Balaban J connectivity index is 1.61. The summed E-state index contributed by atoms with van der Waals surface area (Å²) in [5, 5.41) is 37.5. The molecule has 2 unspecified atom stereocenters. The predicted molar refractivity (Wildman–Crippen MR) is 187 cm³/mol. The summed E-state index contributed by atoms with van der Waals surface area (Å²) in [4.78, 5) is 42.6. The lowest BCUT2D eigenvalue weighted by molar-refractivity contribution is -0.603. The van der Waals surface area contributed by atoms with Gasteiger partial charge >= 0.3 is 29.5 Å². The highest BCUT2D eigenvalue weighted by molar-refractivity contribution is 7.90. The molecule has 5 rings (SSSR count). The van der Waals surface area contributed by atoms with Gasteiger partial charge in [-0.2, -0.15) is 29.6 Å². The summed E-state index contributed by atoms with van der Waals surface area (Å²) in [6.45, 7) is 1.19. The maximum absolute atomic E-state index is 14.4. The Kier molecular flexibility index (Phi) is 10.8. The molecule has 56 heavy (non-hydrogen) atoms. The number of nitro benzene ring substituents is 2. The number of aromatic nitrogens is 4. The van der Waals surface area contributed by atoms with E-state index in [0.717, 1.165) is 35.0 Å². The first-order chi connectivity index (χ1) is 25.9. The SMILES string of the molecule is CC1=CC(Nc2nc(Nc3ccc(Nc4cc(F)c([N+](=O)[O-])cc4[N+](=O)[O-])cc3S(=O)(=O)O)nc(-[n+]3cccc(C(=O)O)c3)n2)C(S(=O)(=O)O)C=C1S(=O)(=O)O. The maximum atomic E-state index is 14.4. The number of carboxylic acids is 1. The zero-order valence-corrected chi connectivity index (χ0v) is 30.0. The van der Waals surface area contributed by atoms with Crippen LogP contribution in [-0.4, -0.2) is 86.1 Å². The van der Waals surface area contributed by atoms with Gasteiger partial charge in [0, 0.05) is 11.8 Å². The zero-order valence-electron chi connectivity index (χ0n) is 27.6. The van der Waals surface area contributed by atoms with Gasteiger partial charge in [0.25, 0.3) is 36.0 Å². The number of aromatic carboxylic acids is 1. The van der Waals surface area contributed by atoms with E-state index in [0.29, 0.717) is 18.2 Å². The molecule has 1 aliphatic carbocycles. The van der Waals surface area contributed by atoms with Crippen molar-refractivity contribution in [1.82, 2.24) is 15.0 Å². The minimum Gasteiger partial charge on any atom is -0.478 e. The Hall–Kier alpha value is -6.59. The molecule has 4 aromatic rings. The zero-order chi connectivity index (χ0) is 41.5. The monoisotopic (exact) mass is 840 g/mol. The summed E-state index contributed by atoms with van der Waals surface area (Å²) in [5.74, 6) is -4.41. The summed E-state index contributed by atoms with van der Waals surface area (Å²) in [6.07, 6.45) is 3.87. The van der Waals surface area contributed by atoms with Gasteiger partial charge in [-0.1, -0.05) is 6.08 Å². The van der Waals surface area contributed by atoms with Crippen LogP contribution in [0, 0.1) is 26.0 Å². The molecule has 0 radical (unpaired) electrons. The van der Waals surface area contributed by atoms with Crippen LogP contribution >= 0.6 is 0 Å². The normalized spacial score (nSPS) is 15.9. The van der Waals surface area contributed by atoms with Crippen LogP contribution in [0.3, 0.4) is 0 Å². The molecule has 2 aromatic carbocycles. The number of hydrogen-bond acceptors (Lipinski definition) is 17. The smallest absolute Gasteiger partial charge is 0.444 e. The van der Waals surface area contributed by atoms with E-state index >= 15 is 0 Å². The van der Waals surface area contributed by atoms with E-state index in [1.165, 1.54) is 25.3 Å². The van der Waals surface area contributed by atoms with Crippen molar-refractivity contribution in [2.75, 3.05) is 16.0 Å². The van der Waals surface area contributed by atoms with Crippen molar-refractivity contribution in [3.05, 3.63) is 109 Å². The molecule has 1 aliphatic rings. The molecule has 2 atom stereocenters. The third kappa shape index (κ3) is 9.02. The Morgan fingerprint density at radius 2 is 1.52 bits per heavy atom. The Labute approximate surface area is 312 Å². The predicted octanol–water partition coefficient (Wildman–Crippen LogP) is 2.30. The topological polar surface area (TPSA) is 365 Å². The molecule has 0 fully saturated rings. The lowest BCUT2D eigenvalue weighted by atomic mass is 10.0. The largest absolute Gasteiger partial charge is 0.478 e. The van der Waals surface area contributed by atoms with Gasteiger partial charge < -0.3 is 21.1 Å². The van der Waals surface area contributed by atoms with E-state index in [4.69, 9.17) is 0 Å². The molecule has 0 spiro atoms. The molecular formula is C28H23FN9O15S3+. The number of hydrogen-bond donors (Lipinski definition) is 7. The fourth-order valence-electron chi connectivity index (χ4n) is 5.13. The second-order valence-corrected chi connectivity index (χ2v) is 15.7. The molecule has 7 N–H and O–H groups in total. The minimum atomic E-state index is -5.21. The minimum absolute atomic E-state index is 0.172. The van der Waals surface area contributed by atoms with Crippen LogP contribution in [-0.2, 0) is 30.4 Å². The van der Waals surface area contributed by atoms with Crippen LogP contribution < -0.4 is 20.5 Å². The summed E-state index contributed by atoms with van der Waals surface area (Å²) >= 11 is 0. The molecule has 0 amide bonds. The summed E-state index contributed by atoms with van der Waals surface area (Å²) in [6, 6.07) is 4.44. The van der Waals surface area contributed by atoms with E-state index in [2.05, 4.69) is 30.9 Å². The molecule has 24 nitrogen and oxygen atoms in total. The highest BCUT2D eigenvalue weighted by Gasteiger charge is 2.37. The van der Waals surface area contributed by atoms with Crippen LogP contribution in [0.2, 0.25) is 0 Å². The molecule has 0 bridgehead atoms. The van der Waals surface area contributed by atoms with Crippen molar-refractivity contribution in [2.24, 2.45) is 0 Å². The van der Waals surface area contributed by atoms with E-state index < -0.39 is 114 Å². The van der Waals surface area contributed by atoms with Crippen LogP contribution in [0.25, 0.3) is 5.95 Å². The average molecular weight is 841 g/mol. The first kappa shape index (κ1) is 40.6. The third-order valence-corrected chi connectivity index (χ3v) is 10.6. The van der Waals surface area contributed by atoms with Gasteiger partial charge in [-0.3, -0.25) is 33.9 Å². The van der Waals surface area contributed by atoms with Crippen LogP contribution in [0.15, 0.2) is 82.4 Å². The number of nitrogens with zero attached hydrogens (tertiary/aromatic N) is 6. The second kappa shape index (κ2) is 14.9. The number of benzene rings is 2. The number of halogens is 1. The first-order valence-electron chi connectivity index (χ1n) is 14.8. The molecule has 0 saturated heterocycles. The number of carbonyl (C=O) groups is 1. The van der Waals surface area contributed by atoms with Crippen molar-refractivity contribution >= 4 is 76.7 Å². The van der Waals surface area contributed by atoms with Crippen LogP contribution in [0.5, 0.6) is 0 Å². The summed E-state index contributed by atoms with van der Waals surface area (Å²) < 4.78 is 119. The number of carboxylic acid groups (broad SMARTS) is 1. The van der Waals surface area contributed by atoms with Crippen LogP contribution in [0.4, 0.5) is 44.7 Å². The molecular weight excluding hydrogens is 818 g/mol. The van der Waals surface area contributed by atoms with Crippen molar-refractivity contribution in [1.29, 1.82) is 0 Å². The molecule has 2 heterocycles. The third-order valence-electron chi connectivity index (χ3n) is 7.55. The average Bonchev–Trinajstić information content (AvgIpc) is 3.07. The fraction of sp³-hybridized carbons (Fsp3) is 0.107. The first-order valence-corrected chi connectivity index (χ1v) is 19.2. The van der Waals surface area contributed by atoms with Gasteiger partial charge in [-0.15, -0.1) is 4.98 Å². The molecule has 28 heteroatoms. The van der Waals surface area contributed by atoms with E-state index in [9.17, 15) is 73.4 Å². The Bertz CT molecular complexity index is 2750. The van der Waals surface area contributed by atoms with Crippen molar-refractivity contribution in [3.8, 4) is 5.95 Å². The summed E-state index contributed by atoms with van der Waals surface area (Å²) in [5.41, 5.74) is -4.11. The second-order valence-electron chi connectivity index (χ2n) is 11.4. The van der Waals surface area contributed by atoms with Crippen LogP contribution in [0.1, 0.15) is 17.3 Å². The van der Waals surface area contributed by atoms with Gasteiger partial charge in [0.2, 0.25) is 5.82 Å². The molecule has 0 aliphatic heterocycles.